The summed E-state index contributed by atoms with van der Waals surface area (Å²) in [5, 5.41) is 13.6. The van der Waals surface area contributed by atoms with Crippen molar-refractivity contribution in [2.24, 2.45) is 0 Å². The molecule has 0 saturated heterocycles. The van der Waals surface area contributed by atoms with Gasteiger partial charge in [-0.05, 0) is 39.5 Å². The van der Waals surface area contributed by atoms with Crippen LogP contribution in [0.15, 0.2) is 4.52 Å². The van der Waals surface area contributed by atoms with Crippen molar-refractivity contribution in [1.29, 1.82) is 0 Å². The van der Waals surface area contributed by atoms with Gasteiger partial charge >= 0.3 is 0 Å². The molecule has 5 nitrogen and oxygen atoms in total. The quantitative estimate of drug-likeness (QED) is 0.873. The third kappa shape index (κ3) is 2.42. The van der Waals surface area contributed by atoms with E-state index in [2.05, 4.69) is 10.1 Å². The first kappa shape index (κ1) is 13.5. The van der Waals surface area contributed by atoms with Crippen LogP contribution in [0.4, 0.5) is 0 Å². The molecule has 0 amide bonds. The number of nitrogens with zero attached hydrogens (tertiary/aromatic N) is 2. The Bertz CT molecular complexity index is 383. The lowest BCUT2D eigenvalue weighted by Gasteiger charge is -2.24. The van der Waals surface area contributed by atoms with Crippen LogP contribution in [0.5, 0.6) is 0 Å². The molecule has 2 atom stereocenters. The fourth-order valence-electron chi connectivity index (χ4n) is 2.47. The number of aromatic nitrogens is 2. The van der Waals surface area contributed by atoms with Gasteiger partial charge in [-0.1, -0.05) is 12.1 Å². The highest BCUT2D eigenvalue weighted by molar-refractivity contribution is 5.06. The molecule has 2 unspecified atom stereocenters. The van der Waals surface area contributed by atoms with Crippen LogP contribution >= 0.6 is 0 Å². The van der Waals surface area contributed by atoms with Crippen LogP contribution in [0.3, 0.4) is 0 Å². The number of aliphatic hydroxyl groups excluding tert-OH is 1. The van der Waals surface area contributed by atoms with Crippen LogP contribution in [-0.2, 0) is 10.3 Å². The maximum atomic E-state index is 9.56. The second-order valence-corrected chi connectivity index (χ2v) is 5.12. The number of hydrogen-bond donors (Lipinski definition) is 1. The van der Waals surface area contributed by atoms with Crippen molar-refractivity contribution >= 4 is 0 Å². The molecule has 1 heterocycles. The van der Waals surface area contributed by atoms with Gasteiger partial charge in [-0.2, -0.15) is 4.98 Å². The Kier molecular flexibility index (Phi) is 4.02. The van der Waals surface area contributed by atoms with Crippen LogP contribution in [-0.4, -0.2) is 28.0 Å². The largest absolute Gasteiger partial charge is 0.393 e. The SMILES string of the molecule is CCOC1(c2noc(C(C)C(C)O)n2)CCCC1. The van der Waals surface area contributed by atoms with E-state index in [0.29, 0.717) is 18.3 Å². The third-order valence-electron chi connectivity index (χ3n) is 3.79. The summed E-state index contributed by atoms with van der Waals surface area (Å²) >= 11 is 0. The zero-order chi connectivity index (χ0) is 13.2. The van der Waals surface area contributed by atoms with E-state index < -0.39 is 6.10 Å². The van der Waals surface area contributed by atoms with Gasteiger partial charge < -0.3 is 14.4 Å². The number of aliphatic hydroxyl groups is 1. The van der Waals surface area contributed by atoms with Crippen LogP contribution in [0, 0.1) is 0 Å². The van der Waals surface area contributed by atoms with Gasteiger partial charge in [-0.3, -0.25) is 0 Å². The Balaban J connectivity index is 2.22. The van der Waals surface area contributed by atoms with E-state index in [0.717, 1.165) is 25.7 Å². The average Bonchev–Trinajstić information content (AvgIpc) is 2.96. The minimum atomic E-state index is -0.495. The fourth-order valence-corrected chi connectivity index (χ4v) is 2.47. The number of ether oxygens (including phenoxy) is 1. The Morgan fingerprint density at radius 2 is 2.06 bits per heavy atom. The van der Waals surface area contributed by atoms with Crippen molar-refractivity contribution in [1.82, 2.24) is 10.1 Å². The lowest BCUT2D eigenvalue weighted by molar-refractivity contribution is -0.0469. The summed E-state index contributed by atoms with van der Waals surface area (Å²) in [5.41, 5.74) is -0.366. The molecule has 18 heavy (non-hydrogen) atoms. The molecule has 0 bridgehead atoms. The summed E-state index contributed by atoms with van der Waals surface area (Å²) in [6.45, 7) is 6.24. The molecule has 1 aromatic rings. The minimum Gasteiger partial charge on any atom is -0.393 e. The zero-order valence-electron chi connectivity index (χ0n) is 11.3. The van der Waals surface area contributed by atoms with Crippen molar-refractivity contribution in [2.75, 3.05) is 6.61 Å². The van der Waals surface area contributed by atoms with E-state index in [-0.39, 0.29) is 11.5 Å². The van der Waals surface area contributed by atoms with Crippen LogP contribution < -0.4 is 0 Å². The van der Waals surface area contributed by atoms with Crippen molar-refractivity contribution in [3.8, 4) is 0 Å². The van der Waals surface area contributed by atoms with Crippen LogP contribution in [0.1, 0.15) is 64.1 Å². The maximum Gasteiger partial charge on any atom is 0.232 e. The second kappa shape index (κ2) is 5.36. The molecule has 1 saturated carbocycles. The van der Waals surface area contributed by atoms with Gasteiger partial charge in [0.05, 0.1) is 12.0 Å². The predicted molar refractivity (Wildman–Crippen MR) is 66.2 cm³/mol. The van der Waals surface area contributed by atoms with Crippen LogP contribution in [0.25, 0.3) is 0 Å². The molecule has 0 spiro atoms. The van der Waals surface area contributed by atoms with Gasteiger partial charge in [-0.15, -0.1) is 0 Å². The lowest BCUT2D eigenvalue weighted by atomic mass is 10.0. The van der Waals surface area contributed by atoms with E-state index in [1.54, 1.807) is 6.92 Å². The normalized spacial score (nSPS) is 22.0. The van der Waals surface area contributed by atoms with E-state index in [4.69, 9.17) is 9.26 Å². The molecule has 0 radical (unpaired) electrons. The first-order valence-electron chi connectivity index (χ1n) is 6.75. The highest BCUT2D eigenvalue weighted by Crippen LogP contribution is 2.41. The summed E-state index contributed by atoms with van der Waals surface area (Å²) in [6, 6.07) is 0. The first-order chi connectivity index (χ1) is 8.59. The Morgan fingerprint density at radius 1 is 1.39 bits per heavy atom. The van der Waals surface area contributed by atoms with Crippen molar-refractivity contribution in [3.63, 3.8) is 0 Å². The first-order valence-corrected chi connectivity index (χ1v) is 6.75. The topological polar surface area (TPSA) is 68.4 Å². The molecule has 1 aliphatic rings. The molecule has 1 N–H and O–H groups in total. The third-order valence-corrected chi connectivity index (χ3v) is 3.79. The Morgan fingerprint density at radius 3 is 2.61 bits per heavy atom. The van der Waals surface area contributed by atoms with Gasteiger partial charge in [0.2, 0.25) is 11.7 Å². The predicted octanol–water partition coefficient (Wildman–Crippen LogP) is 2.36. The van der Waals surface area contributed by atoms with Crippen LogP contribution in [0.2, 0.25) is 0 Å². The van der Waals surface area contributed by atoms with E-state index in [1.807, 2.05) is 13.8 Å². The Hall–Kier alpha value is -0.940. The molecule has 5 heteroatoms. The van der Waals surface area contributed by atoms with Gasteiger partial charge in [0.1, 0.15) is 5.60 Å². The molecular formula is C13H22N2O3. The molecule has 0 aliphatic heterocycles. The molecule has 2 rings (SSSR count). The Labute approximate surface area is 108 Å². The summed E-state index contributed by atoms with van der Waals surface area (Å²) in [5.74, 6) is 0.988. The average molecular weight is 254 g/mol. The smallest absolute Gasteiger partial charge is 0.232 e. The van der Waals surface area contributed by atoms with Crippen molar-refractivity contribution < 1.29 is 14.4 Å². The summed E-state index contributed by atoms with van der Waals surface area (Å²) in [6.07, 6.45) is 3.67. The molecule has 0 aromatic carbocycles. The van der Waals surface area contributed by atoms with Gasteiger partial charge in [0.15, 0.2) is 0 Å². The zero-order valence-corrected chi connectivity index (χ0v) is 11.3. The van der Waals surface area contributed by atoms with Gasteiger partial charge in [0, 0.05) is 6.61 Å². The summed E-state index contributed by atoms with van der Waals surface area (Å²) in [4.78, 5) is 4.44. The molecular weight excluding hydrogens is 232 g/mol. The van der Waals surface area contributed by atoms with Gasteiger partial charge in [-0.25, -0.2) is 0 Å². The molecule has 1 aromatic heterocycles. The molecule has 1 fully saturated rings. The number of rotatable bonds is 5. The number of hydrogen-bond acceptors (Lipinski definition) is 5. The highest BCUT2D eigenvalue weighted by atomic mass is 16.5. The molecule has 1 aliphatic carbocycles. The lowest BCUT2D eigenvalue weighted by Crippen LogP contribution is -2.27. The highest BCUT2D eigenvalue weighted by Gasteiger charge is 2.41. The van der Waals surface area contributed by atoms with Crippen molar-refractivity contribution in [2.45, 2.75) is 64.1 Å². The monoisotopic (exact) mass is 254 g/mol. The van der Waals surface area contributed by atoms with E-state index in [1.165, 1.54) is 0 Å². The summed E-state index contributed by atoms with van der Waals surface area (Å²) < 4.78 is 11.2. The second-order valence-electron chi connectivity index (χ2n) is 5.12. The maximum absolute atomic E-state index is 9.56. The standard InChI is InChI=1S/C13H22N2O3/c1-4-17-13(7-5-6-8-13)12-14-11(18-15-12)9(2)10(3)16/h9-10,16H,4-8H2,1-3H3. The van der Waals surface area contributed by atoms with Crippen molar-refractivity contribution in [3.05, 3.63) is 11.7 Å². The molecule has 102 valence electrons. The van der Waals surface area contributed by atoms with E-state index >= 15 is 0 Å². The van der Waals surface area contributed by atoms with E-state index in [9.17, 15) is 5.11 Å². The minimum absolute atomic E-state index is 0.147. The fraction of sp³-hybridized carbons (Fsp3) is 0.846. The summed E-state index contributed by atoms with van der Waals surface area (Å²) in [7, 11) is 0. The van der Waals surface area contributed by atoms with Gasteiger partial charge in [0.25, 0.3) is 0 Å².